The molecule has 2 aliphatic rings. The van der Waals surface area contributed by atoms with E-state index in [1.165, 1.54) is 11.3 Å². The topological polar surface area (TPSA) is 67.8 Å². The van der Waals surface area contributed by atoms with Crippen molar-refractivity contribution in [2.75, 3.05) is 5.32 Å². The summed E-state index contributed by atoms with van der Waals surface area (Å²) in [6.45, 7) is 6.62. The van der Waals surface area contributed by atoms with Crippen LogP contribution in [0.5, 0.6) is 0 Å². The fourth-order valence-electron chi connectivity index (χ4n) is 5.04. The normalized spacial score (nSPS) is 28.3. The van der Waals surface area contributed by atoms with Crippen molar-refractivity contribution in [1.82, 2.24) is 15.0 Å². The highest BCUT2D eigenvalue weighted by Crippen LogP contribution is 2.70. The summed E-state index contributed by atoms with van der Waals surface area (Å²) in [5.74, 6) is -0.00972. The first-order chi connectivity index (χ1) is 12.4. The van der Waals surface area contributed by atoms with Gasteiger partial charge in [0, 0.05) is 17.0 Å². The average molecular weight is 364 g/mol. The Bertz CT molecular complexity index is 1050. The predicted octanol–water partition coefficient (Wildman–Crippen LogP) is 4.05. The number of thiazole rings is 1. The fraction of sp³-hybridized carbons (Fsp3) is 0.400. The van der Waals surface area contributed by atoms with Crippen molar-refractivity contribution in [3.05, 3.63) is 47.2 Å². The molecule has 1 saturated carbocycles. The standard InChI is InChI=1S/C20H20N4OS/c1-18(2)19(3)8-9-20(18,16(25)24-17-21-10-11-26-17)15-14(19)22-12-6-4-5-7-13(12)23-15/h4-7,10-11H,8-9H2,1-3H3,(H,21,24,25)/t19-,20-/m0/s1. The lowest BCUT2D eigenvalue weighted by Gasteiger charge is -2.39. The minimum atomic E-state index is -0.681. The maximum absolute atomic E-state index is 13.5. The number of carbonyl (C=O) groups is 1. The van der Waals surface area contributed by atoms with E-state index in [1.54, 1.807) is 6.20 Å². The zero-order chi connectivity index (χ0) is 18.2. The van der Waals surface area contributed by atoms with E-state index in [0.29, 0.717) is 5.13 Å². The molecule has 6 heteroatoms. The molecule has 2 heterocycles. The SMILES string of the molecule is CC1(C)[C@@]2(C)CC[C@@]1(C(=O)Nc1nccs1)c1nc3ccccc3nc12. The van der Waals surface area contributed by atoms with Crippen LogP contribution in [0.2, 0.25) is 0 Å². The molecule has 26 heavy (non-hydrogen) atoms. The van der Waals surface area contributed by atoms with Crippen LogP contribution in [0.4, 0.5) is 5.13 Å². The zero-order valence-electron chi connectivity index (χ0n) is 15.0. The summed E-state index contributed by atoms with van der Waals surface area (Å²) < 4.78 is 0. The van der Waals surface area contributed by atoms with Gasteiger partial charge in [-0.05, 0) is 30.4 Å². The van der Waals surface area contributed by atoms with Crippen LogP contribution in [-0.2, 0) is 15.6 Å². The molecule has 5 rings (SSSR count). The molecular formula is C20H20N4OS. The third-order valence-corrected chi connectivity index (χ3v) is 7.67. The summed E-state index contributed by atoms with van der Waals surface area (Å²) in [7, 11) is 0. The third kappa shape index (κ3) is 1.66. The van der Waals surface area contributed by atoms with Crippen LogP contribution >= 0.6 is 11.3 Å². The molecule has 2 bridgehead atoms. The minimum absolute atomic E-state index is 0.00972. The highest BCUT2D eigenvalue weighted by atomic mass is 32.1. The molecule has 0 unspecified atom stereocenters. The van der Waals surface area contributed by atoms with Crippen LogP contribution in [0.3, 0.4) is 0 Å². The number of hydrogen-bond acceptors (Lipinski definition) is 5. The van der Waals surface area contributed by atoms with E-state index in [1.807, 2.05) is 29.6 Å². The van der Waals surface area contributed by atoms with Crippen LogP contribution in [-0.4, -0.2) is 20.9 Å². The lowest BCUT2D eigenvalue weighted by molar-refractivity contribution is -0.125. The number of benzene rings is 1. The summed E-state index contributed by atoms with van der Waals surface area (Å²) in [6, 6.07) is 7.91. The number of hydrogen-bond donors (Lipinski definition) is 1. The molecule has 5 nitrogen and oxygen atoms in total. The Morgan fingerprint density at radius 2 is 1.77 bits per heavy atom. The number of amides is 1. The molecule has 0 aliphatic heterocycles. The van der Waals surface area contributed by atoms with E-state index < -0.39 is 5.41 Å². The number of rotatable bonds is 2. The van der Waals surface area contributed by atoms with Gasteiger partial charge in [0.2, 0.25) is 5.91 Å². The number of fused-ring (bicyclic) bond motifs is 6. The largest absolute Gasteiger partial charge is 0.301 e. The number of anilines is 1. The van der Waals surface area contributed by atoms with Crippen LogP contribution in [0.15, 0.2) is 35.8 Å². The van der Waals surface area contributed by atoms with Crippen molar-refractivity contribution in [2.45, 2.75) is 44.4 Å². The van der Waals surface area contributed by atoms with Gasteiger partial charge in [0.05, 0.1) is 27.8 Å². The van der Waals surface area contributed by atoms with E-state index in [-0.39, 0.29) is 16.7 Å². The van der Waals surface area contributed by atoms with E-state index in [9.17, 15) is 4.79 Å². The molecular weight excluding hydrogens is 344 g/mol. The van der Waals surface area contributed by atoms with Crippen molar-refractivity contribution in [2.24, 2.45) is 5.41 Å². The first-order valence-corrected chi connectivity index (χ1v) is 9.77. The van der Waals surface area contributed by atoms with E-state index >= 15 is 0 Å². The third-order valence-electron chi connectivity index (χ3n) is 6.98. The van der Waals surface area contributed by atoms with Gasteiger partial charge in [-0.1, -0.05) is 32.9 Å². The van der Waals surface area contributed by atoms with Gasteiger partial charge in [0.1, 0.15) is 0 Å². The first-order valence-electron chi connectivity index (χ1n) is 8.89. The van der Waals surface area contributed by atoms with Gasteiger partial charge in [-0.2, -0.15) is 0 Å². The molecule has 2 atom stereocenters. The van der Waals surface area contributed by atoms with Crippen molar-refractivity contribution in [1.29, 1.82) is 0 Å². The second kappa shape index (κ2) is 4.88. The summed E-state index contributed by atoms with van der Waals surface area (Å²) in [4.78, 5) is 27.7. The van der Waals surface area contributed by atoms with Crippen LogP contribution in [0, 0.1) is 5.41 Å². The van der Waals surface area contributed by atoms with Crippen molar-refractivity contribution >= 4 is 33.4 Å². The highest BCUT2D eigenvalue weighted by Gasteiger charge is 2.73. The molecule has 3 aromatic rings. The van der Waals surface area contributed by atoms with Crippen LogP contribution in [0.1, 0.15) is 45.0 Å². The van der Waals surface area contributed by atoms with Gasteiger partial charge in [0.25, 0.3) is 0 Å². The van der Waals surface area contributed by atoms with Gasteiger partial charge in [-0.15, -0.1) is 11.3 Å². The molecule has 1 amide bonds. The van der Waals surface area contributed by atoms with Gasteiger partial charge in [-0.25, -0.2) is 15.0 Å². The summed E-state index contributed by atoms with van der Waals surface area (Å²) in [6.07, 6.45) is 3.43. The Kier molecular flexibility index (Phi) is 2.98. The molecule has 132 valence electrons. The Labute approximate surface area is 155 Å². The van der Waals surface area contributed by atoms with Crippen LogP contribution in [0.25, 0.3) is 11.0 Å². The molecule has 1 fully saturated rings. The Hall–Kier alpha value is -2.34. The average Bonchev–Trinajstić information content (AvgIpc) is 3.23. The monoisotopic (exact) mass is 364 g/mol. The van der Waals surface area contributed by atoms with Gasteiger partial charge >= 0.3 is 0 Å². The second-order valence-electron chi connectivity index (χ2n) is 8.06. The molecule has 2 aromatic heterocycles. The predicted molar refractivity (Wildman–Crippen MR) is 102 cm³/mol. The summed E-state index contributed by atoms with van der Waals surface area (Å²) in [5, 5.41) is 5.55. The van der Waals surface area contributed by atoms with E-state index in [0.717, 1.165) is 35.3 Å². The lowest BCUT2D eigenvalue weighted by atomic mass is 9.63. The maximum atomic E-state index is 13.5. The molecule has 1 N–H and O–H groups in total. The fourth-order valence-corrected chi connectivity index (χ4v) is 5.56. The maximum Gasteiger partial charge on any atom is 0.239 e. The number of aromatic nitrogens is 3. The molecule has 1 aromatic carbocycles. The first kappa shape index (κ1) is 15.9. The second-order valence-corrected chi connectivity index (χ2v) is 8.96. The Morgan fingerprint density at radius 3 is 2.42 bits per heavy atom. The smallest absolute Gasteiger partial charge is 0.239 e. The zero-order valence-corrected chi connectivity index (χ0v) is 15.9. The number of carbonyl (C=O) groups excluding carboxylic acids is 1. The highest BCUT2D eigenvalue weighted by molar-refractivity contribution is 7.13. The molecule has 0 radical (unpaired) electrons. The van der Waals surface area contributed by atoms with Gasteiger partial charge < -0.3 is 5.32 Å². The van der Waals surface area contributed by atoms with Crippen LogP contribution < -0.4 is 5.32 Å². The van der Waals surface area contributed by atoms with Gasteiger partial charge in [-0.3, -0.25) is 4.79 Å². The number of nitrogens with zero attached hydrogens (tertiary/aromatic N) is 3. The van der Waals surface area contributed by atoms with Crippen molar-refractivity contribution in [3.63, 3.8) is 0 Å². The van der Waals surface area contributed by atoms with Crippen molar-refractivity contribution < 1.29 is 4.79 Å². The number of para-hydroxylation sites is 2. The molecule has 2 aliphatic carbocycles. The Balaban J connectivity index is 1.75. The molecule has 0 saturated heterocycles. The lowest BCUT2D eigenvalue weighted by Crippen LogP contribution is -2.48. The van der Waals surface area contributed by atoms with E-state index in [2.05, 4.69) is 31.1 Å². The minimum Gasteiger partial charge on any atom is -0.301 e. The Morgan fingerprint density at radius 1 is 1.08 bits per heavy atom. The van der Waals surface area contributed by atoms with Crippen molar-refractivity contribution in [3.8, 4) is 0 Å². The van der Waals surface area contributed by atoms with E-state index in [4.69, 9.17) is 9.97 Å². The van der Waals surface area contributed by atoms with Gasteiger partial charge in [0.15, 0.2) is 5.13 Å². The quantitative estimate of drug-likeness (QED) is 0.745. The summed E-state index contributed by atoms with van der Waals surface area (Å²) >= 11 is 1.44. The number of nitrogens with one attached hydrogen (secondary N) is 1. The molecule has 0 spiro atoms. The summed E-state index contributed by atoms with van der Waals surface area (Å²) in [5.41, 5.74) is 2.46.